The zero-order valence-corrected chi connectivity index (χ0v) is 20.2. The largest absolute Gasteiger partial charge is 0.481 e. The van der Waals surface area contributed by atoms with Crippen LogP contribution in [0, 0.1) is 5.41 Å². The first-order valence-electron chi connectivity index (χ1n) is 12.0. The van der Waals surface area contributed by atoms with Gasteiger partial charge in [0.15, 0.2) is 0 Å². The molecule has 1 fully saturated rings. The van der Waals surface area contributed by atoms with Crippen LogP contribution in [-0.4, -0.2) is 67.4 Å². The normalized spacial score (nSPS) is 17.3. The summed E-state index contributed by atoms with van der Waals surface area (Å²) in [6, 6.07) is 15.2. The van der Waals surface area contributed by atoms with Gasteiger partial charge >= 0.3 is 12.1 Å². The van der Waals surface area contributed by atoms with Crippen molar-refractivity contribution in [3.63, 3.8) is 0 Å². The van der Waals surface area contributed by atoms with Crippen LogP contribution >= 0.6 is 0 Å². The Morgan fingerprint density at radius 1 is 1.06 bits per heavy atom. The van der Waals surface area contributed by atoms with Gasteiger partial charge in [0.05, 0.1) is 12.0 Å². The Kier molecular flexibility index (Phi) is 7.40. The van der Waals surface area contributed by atoms with Crippen molar-refractivity contribution in [1.82, 2.24) is 10.2 Å². The van der Waals surface area contributed by atoms with Gasteiger partial charge < -0.3 is 24.8 Å². The Hall–Kier alpha value is -3.39. The number of aliphatic carboxylic acids is 1. The molecule has 2 amide bonds. The lowest BCUT2D eigenvalue weighted by atomic mass is 9.76. The molecule has 2 aliphatic rings. The first-order valence-corrected chi connectivity index (χ1v) is 12.0. The van der Waals surface area contributed by atoms with Crippen LogP contribution < -0.4 is 5.32 Å². The number of carbonyl (C=O) groups excluding carboxylic acids is 2. The first kappa shape index (κ1) is 24.7. The van der Waals surface area contributed by atoms with Crippen LogP contribution in [0.5, 0.6) is 0 Å². The van der Waals surface area contributed by atoms with Gasteiger partial charge in [0.25, 0.3) is 0 Å². The molecule has 1 aliphatic carbocycles. The summed E-state index contributed by atoms with van der Waals surface area (Å²) < 4.78 is 10.8. The second kappa shape index (κ2) is 10.5. The molecule has 8 heteroatoms. The topological polar surface area (TPSA) is 105 Å². The van der Waals surface area contributed by atoms with Gasteiger partial charge in [-0.1, -0.05) is 55.5 Å². The van der Waals surface area contributed by atoms with Crippen LogP contribution in [-0.2, 0) is 19.1 Å². The highest BCUT2D eigenvalue weighted by atomic mass is 16.5. The number of benzene rings is 2. The fourth-order valence-electron chi connectivity index (χ4n) is 5.22. The summed E-state index contributed by atoms with van der Waals surface area (Å²) in [5.41, 5.74) is 3.70. The fraction of sp³-hybridized carbons (Fsp3) is 0.444. The minimum atomic E-state index is -0.908. The van der Waals surface area contributed by atoms with E-state index in [1.165, 1.54) is 7.11 Å². The van der Waals surface area contributed by atoms with Crippen molar-refractivity contribution in [3.8, 4) is 11.1 Å². The number of alkyl carbamates (subject to hydrolysis) is 1. The Morgan fingerprint density at radius 3 is 2.14 bits per heavy atom. The lowest BCUT2D eigenvalue weighted by Crippen LogP contribution is -2.54. The van der Waals surface area contributed by atoms with E-state index in [-0.39, 0.29) is 25.0 Å². The monoisotopic (exact) mass is 480 g/mol. The Bertz CT molecular complexity index is 1050. The van der Waals surface area contributed by atoms with Crippen LogP contribution in [0.3, 0.4) is 0 Å². The molecule has 1 atom stereocenters. The molecule has 1 heterocycles. The number of carboxylic acid groups (broad SMARTS) is 1. The summed E-state index contributed by atoms with van der Waals surface area (Å²) in [6.45, 7) is 2.65. The second-order valence-electron chi connectivity index (χ2n) is 9.24. The van der Waals surface area contributed by atoms with E-state index < -0.39 is 23.5 Å². The third-order valence-electron chi connectivity index (χ3n) is 7.43. The molecule has 0 aromatic heterocycles. The summed E-state index contributed by atoms with van der Waals surface area (Å²) >= 11 is 0. The van der Waals surface area contributed by atoms with E-state index in [1.807, 2.05) is 43.3 Å². The van der Waals surface area contributed by atoms with Gasteiger partial charge in [-0.05, 0) is 41.5 Å². The smallest absolute Gasteiger partial charge is 0.407 e. The minimum absolute atomic E-state index is 0.00260. The SMILES string of the molecule is CCC1(C(=O)O)CCN(C(=O)C(COC)NC(=O)OCC2c3ccccc3-c3ccccc32)CC1. The van der Waals surface area contributed by atoms with Crippen LogP contribution in [0.25, 0.3) is 11.1 Å². The summed E-state index contributed by atoms with van der Waals surface area (Å²) in [7, 11) is 1.46. The summed E-state index contributed by atoms with van der Waals surface area (Å²) in [6.07, 6.45) is 0.599. The van der Waals surface area contributed by atoms with Crippen molar-refractivity contribution in [2.75, 3.05) is 33.4 Å². The highest BCUT2D eigenvalue weighted by Crippen LogP contribution is 2.44. The third-order valence-corrected chi connectivity index (χ3v) is 7.43. The molecule has 1 aliphatic heterocycles. The standard InChI is InChI=1S/C27H32N2O6/c1-3-27(25(31)32)12-14-29(15-13-27)24(30)23(17-34-2)28-26(33)35-16-22-20-10-6-4-8-18(20)19-9-5-7-11-21(19)22/h4-11,22-23H,3,12-17H2,1-2H3,(H,28,33)(H,31,32). The molecule has 8 nitrogen and oxygen atoms in total. The molecule has 1 saturated heterocycles. The first-order chi connectivity index (χ1) is 16.9. The van der Waals surface area contributed by atoms with E-state index in [0.717, 1.165) is 22.3 Å². The molecular weight excluding hydrogens is 448 g/mol. The van der Waals surface area contributed by atoms with E-state index in [0.29, 0.717) is 32.4 Å². The van der Waals surface area contributed by atoms with E-state index in [1.54, 1.807) is 4.90 Å². The minimum Gasteiger partial charge on any atom is -0.481 e. The van der Waals surface area contributed by atoms with Crippen molar-refractivity contribution in [2.45, 2.75) is 38.1 Å². The lowest BCUT2D eigenvalue weighted by molar-refractivity contribution is -0.155. The Labute approximate surface area is 205 Å². The van der Waals surface area contributed by atoms with Crippen molar-refractivity contribution in [1.29, 1.82) is 0 Å². The summed E-state index contributed by atoms with van der Waals surface area (Å²) in [5.74, 6) is -1.20. The number of fused-ring (bicyclic) bond motifs is 3. The molecular formula is C27H32N2O6. The summed E-state index contributed by atoms with van der Waals surface area (Å²) in [5, 5.41) is 12.3. The zero-order chi connectivity index (χ0) is 25.0. The molecule has 35 heavy (non-hydrogen) atoms. The molecule has 0 radical (unpaired) electrons. The van der Waals surface area contributed by atoms with Crippen LogP contribution in [0.4, 0.5) is 4.79 Å². The number of methoxy groups -OCH3 is 1. The molecule has 2 N–H and O–H groups in total. The Morgan fingerprint density at radius 2 is 1.63 bits per heavy atom. The van der Waals surface area contributed by atoms with Crippen LogP contribution in [0.2, 0.25) is 0 Å². The number of carboxylic acids is 1. The number of nitrogens with zero attached hydrogens (tertiary/aromatic N) is 1. The van der Waals surface area contributed by atoms with Gasteiger partial charge in [0.2, 0.25) is 5.91 Å². The maximum atomic E-state index is 13.1. The van der Waals surface area contributed by atoms with Crippen molar-refractivity contribution < 1.29 is 29.0 Å². The maximum absolute atomic E-state index is 13.1. The molecule has 0 saturated carbocycles. The zero-order valence-electron chi connectivity index (χ0n) is 20.2. The number of rotatable bonds is 8. The molecule has 2 aromatic carbocycles. The molecule has 186 valence electrons. The number of amides is 2. The number of nitrogens with one attached hydrogen (secondary N) is 1. The highest BCUT2D eigenvalue weighted by Gasteiger charge is 2.42. The molecule has 2 aromatic rings. The van der Waals surface area contributed by atoms with Crippen LogP contribution in [0.1, 0.15) is 43.2 Å². The number of likely N-dealkylation sites (tertiary alicyclic amines) is 1. The molecule has 0 spiro atoms. The number of hydrogen-bond donors (Lipinski definition) is 2. The predicted octanol–water partition coefficient (Wildman–Crippen LogP) is 3.64. The van der Waals surface area contributed by atoms with E-state index in [9.17, 15) is 19.5 Å². The van der Waals surface area contributed by atoms with E-state index in [4.69, 9.17) is 9.47 Å². The van der Waals surface area contributed by atoms with Gasteiger partial charge in [-0.25, -0.2) is 4.79 Å². The van der Waals surface area contributed by atoms with Crippen molar-refractivity contribution in [3.05, 3.63) is 59.7 Å². The average molecular weight is 481 g/mol. The third kappa shape index (κ3) is 4.89. The number of hydrogen-bond acceptors (Lipinski definition) is 5. The maximum Gasteiger partial charge on any atom is 0.407 e. The van der Waals surface area contributed by atoms with Gasteiger partial charge in [0.1, 0.15) is 12.6 Å². The lowest BCUT2D eigenvalue weighted by Gasteiger charge is -2.39. The highest BCUT2D eigenvalue weighted by molar-refractivity contribution is 5.86. The molecule has 1 unspecified atom stereocenters. The molecule has 0 bridgehead atoms. The van der Waals surface area contributed by atoms with E-state index in [2.05, 4.69) is 17.4 Å². The van der Waals surface area contributed by atoms with Gasteiger partial charge in [0, 0.05) is 26.1 Å². The summed E-state index contributed by atoms with van der Waals surface area (Å²) in [4.78, 5) is 39.1. The van der Waals surface area contributed by atoms with Gasteiger partial charge in [-0.15, -0.1) is 0 Å². The predicted molar refractivity (Wildman–Crippen MR) is 130 cm³/mol. The quantitative estimate of drug-likeness (QED) is 0.598. The second-order valence-corrected chi connectivity index (χ2v) is 9.24. The van der Waals surface area contributed by atoms with Gasteiger partial charge in [-0.2, -0.15) is 0 Å². The average Bonchev–Trinajstić information content (AvgIpc) is 3.20. The fourth-order valence-corrected chi connectivity index (χ4v) is 5.22. The number of piperidine rings is 1. The molecule has 4 rings (SSSR count). The van der Waals surface area contributed by atoms with E-state index >= 15 is 0 Å². The van der Waals surface area contributed by atoms with Crippen molar-refractivity contribution >= 4 is 18.0 Å². The van der Waals surface area contributed by atoms with Crippen LogP contribution in [0.15, 0.2) is 48.5 Å². The van der Waals surface area contributed by atoms with Gasteiger partial charge in [-0.3, -0.25) is 9.59 Å². The number of ether oxygens (including phenoxy) is 2. The Balaban J connectivity index is 1.38. The van der Waals surface area contributed by atoms with Crippen molar-refractivity contribution in [2.24, 2.45) is 5.41 Å². The number of carbonyl (C=O) groups is 3.